The average molecular weight is 444 g/mol. The van der Waals surface area contributed by atoms with Crippen molar-refractivity contribution in [2.45, 2.75) is 19.3 Å². The lowest BCUT2D eigenvalue weighted by Gasteiger charge is -2.24. The summed E-state index contributed by atoms with van der Waals surface area (Å²) in [5, 5.41) is 8.73. The maximum atomic E-state index is 14.0. The van der Waals surface area contributed by atoms with Crippen molar-refractivity contribution in [2.75, 3.05) is 37.2 Å². The fourth-order valence-electron chi connectivity index (χ4n) is 3.25. The number of para-hydroxylation sites is 1. The van der Waals surface area contributed by atoms with Crippen LogP contribution in [0, 0.1) is 11.2 Å². The minimum Gasteiger partial charge on any atom is -0.493 e. The first kappa shape index (κ1) is 23.2. The van der Waals surface area contributed by atoms with Gasteiger partial charge in [-0.2, -0.15) is 5.53 Å². The molecule has 0 aliphatic carbocycles. The summed E-state index contributed by atoms with van der Waals surface area (Å²) >= 11 is 0. The fraction of sp³-hybridized carbons (Fsp3) is 0.318. The van der Waals surface area contributed by atoms with E-state index in [1.165, 1.54) is 18.6 Å². The van der Waals surface area contributed by atoms with Crippen molar-refractivity contribution in [1.29, 1.82) is 5.41 Å². The van der Waals surface area contributed by atoms with E-state index < -0.39 is 5.82 Å². The molecule has 0 amide bonds. The number of rotatable bonds is 11. The number of hydrogen-bond donors (Lipinski definition) is 5. The van der Waals surface area contributed by atoms with E-state index >= 15 is 0 Å². The molecule has 6 N–H and O–H groups in total. The highest BCUT2D eigenvalue weighted by Crippen LogP contribution is 2.30. The topological polar surface area (TPSA) is 111 Å². The summed E-state index contributed by atoms with van der Waals surface area (Å²) in [4.78, 5) is 2.31. The van der Waals surface area contributed by atoms with Crippen LogP contribution in [0.3, 0.4) is 0 Å². The van der Waals surface area contributed by atoms with Crippen molar-refractivity contribution >= 4 is 17.3 Å². The SMILES string of the molecule is COc1cc(NNNN(C(=N)N)c2ccccc2F)ccc1OCCCN1C=CCCC1. The number of hydrogen-bond acceptors (Lipinski definition) is 7. The molecular weight excluding hydrogens is 413 g/mol. The van der Waals surface area contributed by atoms with Gasteiger partial charge in [-0.1, -0.05) is 18.2 Å². The van der Waals surface area contributed by atoms with E-state index in [0.717, 1.165) is 30.9 Å². The Hall–Kier alpha value is -3.50. The minimum absolute atomic E-state index is 0.107. The summed E-state index contributed by atoms with van der Waals surface area (Å²) in [6.45, 7) is 2.64. The third-order valence-electron chi connectivity index (χ3n) is 4.85. The van der Waals surface area contributed by atoms with Gasteiger partial charge in [0.1, 0.15) is 5.82 Å². The van der Waals surface area contributed by atoms with Gasteiger partial charge in [-0.05, 0) is 49.7 Å². The Balaban J connectivity index is 1.50. The first-order valence-electron chi connectivity index (χ1n) is 10.5. The summed E-state index contributed by atoms with van der Waals surface area (Å²) in [5.74, 6) is 0.325. The van der Waals surface area contributed by atoms with Gasteiger partial charge < -0.3 is 25.5 Å². The van der Waals surface area contributed by atoms with Crippen molar-refractivity contribution in [3.63, 3.8) is 0 Å². The second-order valence-corrected chi connectivity index (χ2v) is 7.16. The number of methoxy groups -OCH3 is 1. The quantitative estimate of drug-likeness (QED) is 0.156. The predicted octanol–water partition coefficient (Wildman–Crippen LogP) is 2.95. The molecule has 9 nitrogen and oxygen atoms in total. The summed E-state index contributed by atoms with van der Waals surface area (Å²) < 4.78 is 25.3. The van der Waals surface area contributed by atoms with Gasteiger partial charge in [-0.25, -0.2) is 9.40 Å². The van der Waals surface area contributed by atoms with E-state index in [2.05, 4.69) is 33.7 Å². The lowest BCUT2D eigenvalue weighted by Crippen LogP contribution is -2.55. The van der Waals surface area contributed by atoms with Gasteiger partial charge in [-0.15, -0.1) is 5.53 Å². The number of benzene rings is 2. The smallest absolute Gasteiger partial charge is 0.209 e. The number of nitrogens with one attached hydrogen (secondary N) is 4. The molecule has 0 radical (unpaired) electrons. The maximum Gasteiger partial charge on any atom is 0.209 e. The molecule has 2 aromatic rings. The molecule has 0 saturated carbocycles. The van der Waals surface area contributed by atoms with Crippen molar-refractivity contribution in [1.82, 2.24) is 16.0 Å². The van der Waals surface area contributed by atoms with Crippen molar-refractivity contribution in [3.05, 3.63) is 60.6 Å². The molecule has 1 heterocycles. The largest absolute Gasteiger partial charge is 0.493 e. The van der Waals surface area contributed by atoms with Crippen LogP contribution in [-0.2, 0) is 0 Å². The van der Waals surface area contributed by atoms with E-state index in [4.69, 9.17) is 20.6 Å². The van der Waals surface area contributed by atoms with Crippen molar-refractivity contribution < 1.29 is 13.9 Å². The molecule has 0 unspecified atom stereocenters. The number of allylic oxidation sites excluding steroid dienone is 1. The summed E-state index contributed by atoms with van der Waals surface area (Å²) in [6.07, 6.45) is 7.63. The molecule has 0 aromatic heterocycles. The second kappa shape index (κ2) is 11.8. The Morgan fingerprint density at radius 3 is 2.81 bits per heavy atom. The minimum atomic E-state index is -0.517. The number of nitrogens with two attached hydrogens (primary N) is 1. The first-order chi connectivity index (χ1) is 15.6. The molecule has 10 heteroatoms. The monoisotopic (exact) mass is 443 g/mol. The lowest BCUT2D eigenvalue weighted by atomic mass is 10.2. The van der Waals surface area contributed by atoms with Crippen molar-refractivity contribution in [2.24, 2.45) is 5.73 Å². The third kappa shape index (κ3) is 6.50. The molecule has 0 atom stereocenters. The molecule has 0 saturated heterocycles. The highest BCUT2D eigenvalue weighted by Gasteiger charge is 2.13. The molecule has 0 spiro atoms. The van der Waals surface area contributed by atoms with Crippen LogP contribution in [0.2, 0.25) is 0 Å². The number of nitrogens with zero attached hydrogens (tertiary/aromatic N) is 2. The zero-order valence-corrected chi connectivity index (χ0v) is 18.1. The fourth-order valence-corrected chi connectivity index (χ4v) is 3.25. The van der Waals surface area contributed by atoms with Gasteiger partial charge in [0.15, 0.2) is 11.5 Å². The molecule has 3 rings (SSSR count). The van der Waals surface area contributed by atoms with E-state index in [1.807, 2.05) is 6.07 Å². The summed E-state index contributed by atoms with van der Waals surface area (Å²) in [5.41, 5.74) is 14.6. The molecular formula is C22H30FN7O2. The van der Waals surface area contributed by atoms with Gasteiger partial charge in [0, 0.05) is 19.2 Å². The lowest BCUT2D eigenvalue weighted by molar-refractivity contribution is 0.261. The molecule has 32 heavy (non-hydrogen) atoms. The molecule has 0 fully saturated rings. The third-order valence-corrected chi connectivity index (χ3v) is 4.85. The van der Waals surface area contributed by atoms with Gasteiger partial charge >= 0.3 is 0 Å². The van der Waals surface area contributed by atoms with Crippen LogP contribution in [0.15, 0.2) is 54.7 Å². The predicted molar refractivity (Wildman–Crippen MR) is 124 cm³/mol. The van der Waals surface area contributed by atoms with E-state index in [0.29, 0.717) is 23.8 Å². The van der Waals surface area contributed by atoms with Crippen LogP contribution in [-0.4, -0.2) is 37.7 Å². The highest BCUT2D eigenvalue weighted by atomic mass is 19.1. The van der Waals surface area contributed by atoms with Crippen LogP contribution >= 0.6 is 0 Å². The number of anilines is 2. The number of hydrazine groups is 3. The molecule has 1 aliphatic heterocycles. The average Bonchev–Trinajstić information content (AvgIpc) is 2.81. The molecule has 1 aliphatic rings. The van der Waals surface area contributed by atoms with Gasteiger partial charge in [0.25, 0.3) is 0 Å². The van der Waals surface area contributed by atoms with Crippen LogP contribution in [0.5, 0.6) is 11.5 Å². The summed E-state index contributed by atoms with van der Waals surface area (Å²) in [6, 6.07) is 11.4. The number of ether oxygens (including phenoxy) is 2. The Labute approximate surface area is 187 Å². The normalized spacial score (nSPS) is 13.0. The first-order valence-corrected chi connectivity index (χ1v) is 10.5. The number of halogens is 1. The Morgan fingerprint density at radius 2 is 2.09 bits per heavy atom. The van der Waals surface area contributed by atoms with Crippen molar-refractivity contribution in [3.8, 4) is 11.5 Å². The van der Waals surface area contributed by atoms with E-state index in [-0.39, 0.29) is 11.6 Å². The highest BCUT2D eigenvalue weighted by molar-refractivity contribution is 5.91. The Morgan fingerprint density at radius 1 is 1.25 bits per heavy atom. The van der Waals surface area contributed by atoms with Gasteiger partial charge in [0.05, 0.1) is 25.1 Å². The maximum absolute atomic E-state index is 14.0. The Bertz CT molecular complexity index is 925. The van der Waals surface area contributed by atoms with E-state index in [9.17, 15) is 4.39 Å². The molecule has 2 aromatic carbocycles. The summed E-state index contributed by atoms with van der Waals surface area (Å²) in [7, 11) is 1.58. The van der Waals surface area contributed by atoms with Gasteiger partial charge in [0.2, 0.25) is 5.96 Å². The standard InChI is InChI=1S/C22H30FN7O2/c1-31-21-16-17(10-11-20(21)32-15-7-14-29-12-5-2-6-13-29)26-27-28-30(22(24)25)19-9-4-3-8-18(19)23/h3-5,8-12,16,26-28H,2,6-7,13-15H2,1H3,(H3,24,25). The number of guanidine groups is 1. The zero-order chi connectivity index (χ0) is 22.8. The van der Waals surface area contributed by atoms with Crippen LogP contribution in [0.1, 0.15) is 19.3 Å². The van der Waals surface area contributed by atoms with E-state index in [1.54, 1.807) is 31.4 Å². The Kier molecular flexibility index (Phi) is 8.52. The van der Waals surface area contributed by atoms with Gasteiger partial charge in [-0.3, -0.25) is 5.41 Å². The molecule has 172 valence electrons. The molecule has 0 bridgehead atoms. The van der Waals surface area contributed by atoms with Crippen LogP contribution < -0.4 is 36.7 Å². The van der Waals surface area contributed by atoms with Crippen LogP contribution in [0.4, 0.5) is 15.8 Å². The zero-order valence-electron chi connectivity index (χ0n) is 18.1. The second-order valence-electron chi connectivity index (χ2n) is 7.16. The van der Waals surface area contributed by atoms with Crippen LogP contribution in [0.25, 0.3) is 0 Å².